The van der Waals surface area contributed by atoms with Crippen molar-refractivity contribution in [3.8, 4) is 5.75 Å². The summed E-state index contributed by atoms with van der Waals surface area (Å²) in [5, 5.41) is 16.3. The van der Waals surface area contributed by atoms with Gasteiger partial charge in [-0.15, -0.1) is 0 Å². The van der Waals surface area contributed by atoms with Gasteiger partial charge in [0.05, 0.1) is 15.9 Å². The maximum Gasteiger partial charge on any atom is 0.257 e. The fourth-order valence-electron chi connectivity index (χ4n) is 1.66. The van der Waals surface area contributed by atoms with Crippen LogP contribution >= 0.6 is 15.9 Å². The molecule has 4 N–H and O–H groups in total. The first-order valence-electron chi connectivity index (χ1n) is 5.49. The van der Waals surface area contributed by atoms with Crippen molar-refractivity contribution < 1.29 is 9.90 Å². The Morgan fingerprint density at radius 2 is 2.21 bits per heavy atom. The molecule has 0 unspecified atom stereocenters. The van der Waals surface area contributed by atoms with Crippen LogP contribution in [0, 0.1) is 6.92 Å². The topological polar surface area (TPSA) is 93.2 Å². The standard InChI is InChI=1S/C12H13BrN4O2/c1-6-10(14)11(17(2)16-6)15-12(19)7-3-4-8(13)9(18)5-7/h3-5,18H,14H2,1-2H3,(H,15,19). The highest BCUT2D eigenvalue weighted by Gasteiger charge is 2.15. The average molecular weight is 325 g/mol. The number of carbonyl (C=O) groups excluding carboxylic acids is 1. The van der Waals surface area contributed by atoms with Gasteiger partial charge in [-0.2, -0.15) is 5.10 Å². The minimum Gasteiger partial charge on any atom is -0.507 e. The van der Waals surface area contributed by atoms with E-state index in [0.29, 0.717) is 27.2 Å². The number of phenols is 1. The number of benzene rings is 1. The van der Waals surface area contributed by atoms with Crippen molar-refractivity contribution >= 4 is 33.3 Å². The van der Waals surface area contributed by atoms with E-state index in [1.54, 1.807) is 26.1 Å². The van der Waals surface area contributed by atoms with Crippen LogP contribution in [-0.4, -0.2) is 20.8 Å². The third-order valence-corrected chi connectivity index (χ3v) is 3.38. The van der Waals surface area contributed by atoms with Crippen molar-refractivity contribution in [1.82, 2.24) is 9.78 Å². The molecule has 0 radical (unpaired) electrons. The molecule has 0 aliphatic carbocycles. The highest BCUT2D eigenvalue weighted by Crippen LogP contribution is 2.26. The number of aromatic nitrogens is 2. The molecule has 19 heavy (non-hydrogen) atoms. The Hall–Kier alpha value is -2.02. The lowest BCUT2D eigenvalue weighted by molar-refractivity contribution is 0.102. The predicted molar refractivity (Wildman–Crippen MR) is 76.1 cm³/mol. The number of hydrogen-bond acceptors (Lipinski definition) is 4. The zero-order valence-electron chi connectivity index (χ0n) is 10.4. The van der Waals surface area contributed by atoms with E-state index in [4.69, 9.17) is 5.73 Å². The number of amides is 1. The van der Waals surface area contributed by atoms with E-state index in [9.17, 15) is 9.90 Å². The summed E-state index contributed by atoms with van der Waals surface area (Å²) in [5.74, 6) is 0.0733. The van der Waals surface area contributed by atoms with Crippen LogP contribution in [0.4, 0.5) is 11.5 Å². The Labute approximate surface area is 118 Å². The lowest BCUT2D eigenvalue weighted by Crippen LogP contribution is -2.15. The highest BCUT2D eigenvalue weighted by atomic mass is 79.9. The number of carbonyl (C=O) groups is 1. The van der Waals surface area contributed by atoms with Crippen molar-refractivity contribution in [3.63, 3.8) is 0 Å². The smallest absolute Gasteiger partial charge is 0.257 e. The Balaban J connectivity index is 2.28. The van der Waals surface area contributed by atoms with Gasteiger partial charge >= 0.3 is 0 Å². The van der Waals surface area contributed by atoms with Crippen molar-refractivity contribution in [1.29, 1.82) is 0 Å². The maximum absolute atomic E-state index is 12.1. The third-order valence-electron chi connectivity index (χ3n) is 2.71. The maximum atomic E-state index is 12.1. The first-order valence-corrected chi connectivity index (χ1v) is 6.28. The number of nitrogens with two attached hydrogens (primary N) is 1. The van der Waals surface area contributed by atoms with E-state index in [0.717, 1.165) is 0 Å². The van der Waals surface area contributed by atoms with Gasteiger partial charge in [0.1, 0.15) is 5.75 Å². The number of hydrogen-bond donors (Lipinski definition) is 3. The molecule has 0 atom stereocenters. The van der Waals surface area contributed by atoms with Crippen LogP contribution in [-0.2, 0) is 7.05 Å². The van der Waals surface area contributed by atoms with Gasteiger partial charge in [-0.1, -0.05) is 0 Å². The molecular weight excluding hydrogens is 312 g/mol. The van der Waals surface area contributed by atoms with Gasteiger partial charge in [0, 0.05) is 12.6 Å². The van der Waals surface area contributed by atoms with Crippen LogP contribution in [0.1, 0.15) is 16.1 Å². The average Bonchev–Trinajstić information content (AvgIpc) is 2.59. The van der Waals surface area contributed by atoms with Crippen LogP contribution in [0.25, 0.3) is 0 Å². The molecule has 1 aromatic heterocycles. The molecule has 1 aromatic carbocycles. The summed E-state index contributed by atoms with van der Waals surface area (Å²) >= 11 is 3.16. The first-order chi connectivity index (χ1) is 8.90. The number of aryl methyl sites for hydroxylation is 2. The molecule has 100 valence electrons. The summed E-state index contributed by atoms with van der Waals surface area (Å²) in [5.41, 5.74) is 7.24. The van der Waals surface area contributed by atoms with Crippen molar-refractivity contribution in [2.45, 2.75) is 6.92 Å². The Kier molecular flexibility index (Phi) is 3.48. The number of aromatic hydroxyl groups is 1. The predicted octanol–water partition coefficient (Wildman–Crippen LogP) is 2.03. The largest absolute Gasteiger partial charge is 0.507 e. The molecule has 0 aliphatic rings. The van der Waals surface area contributed by atoms with Gasteiger partial charge in [0.15, 0.2) is 5.82 Å². The second-order valence-corrected chi connectivity index (χ2v) is 4.95. The summed E-state index contributed by atoms with van der Waals surface area (Å²) in [4.78, 5) is 12.1. The number of rotatable bonds is 2. The van der Waals surface area contributed by atoms with Gasteiger partial charge in [-0.25, -0.2) is 0 Å². The van der Waals surface area contributed by atoms with Gasteiger partial charge in [-0.3, -0.25) is 9.48 Å². The summed E-state index contributed by atoms with van der Waals surface area (Å²) in [6, 6.07) is 4.57. The molecule has 0 bridgehead atoms. The zero-order chi connectivity index (χ0) is 14.2. The van der Waals surface area contributed by atoms with E-state index in [2.05, 4.69) is 26.3 Å². The minimum absolute atomic E-state index is 0.00167. The minimum atomic E-state index is -0.363. The van der Waals surface area contributed by atoms with E-state index in [1.807, 2.05) is 0 Å². The third kappa shape index (κ3) is 2.55. The lowest BCUT2D eigenvalue weighted by atomic mass is 10.2. The fraction of sp³-hybridized carbons (Fsp3) is 0.167. The molecule has 2 rings (SSSR count). The Morgan fingerprint density at radius 3 is 2.74 bits per heavy atom. The van der Waals surface area contributed by atoms with Crippen molar-refractivity contribution in [2.24, 2.45) is 7.05 Å². The quantitative estimate of drug-likeness (QED) is 0.788. The molecule has 0 saturated carbocycles. The number of anilines is 2. The molecule has 7 heteroatoms. The highest BCUT2D eigenvalue weighted by molar-refractivity contribution is 9.10. The first kappa shape index (κ1) is 13.4. The molecule has 0 fully saturated rings. The van der Waals surface area contributed by atoms with Crippen LogP contribution < -0.4 is 11.1 Å². The van der Waals surface area contributed by atoms with E-state index in [-0.39, 0.29) is 11.7 Å². The zero-order valence-corrected chi connectivity index (χ0v) is 12.0. The molecule has 0 aliphatic heterocycles. The SMILES string of the molecule is Cc1nn(C)c(NC(=O)c2ccc(Br)c(O)c2)c1N. The van der Waals surface area contributed by atoms with Crippen molar-refractivity contribution in [2.75, 3.05) is 11.1 Å². The Bertz CT molecular complexity index is 651. The molecule has 1 amide bonds. The van der Waals surface area contributed by atoms with Gasteiger partial charge < -0.3 is 16.2 Å². The summed E-state index contributed by atoms with van der Waals surface area (Å²) in [6.07, 6.45) is 0. The number of halogens is 1. The van der Waals surface area contributed by atoms with E-state index in [1.165, 1.54) is 10.7 Å². The molecule has 0 saturated heterocycles. The van der Waals surface area contributed by atoms with Crippen LogP contribution in [0.5, 0.6) is 5.75 Å². The van der Waals surface area contributed by atoms with Crippen LogP contribution in [0.2, 0.25) is 0 Å². The molecule has 2 aromatic rings. The summed E-state index contributed by atoms with van der Waals surface area (Å²) in [6.45, 7) is 1.76. The van der Waals surface area contributed by atoms with Crippen LogP contribution in [0.15, 0.2) is 22.7 Å². The molecule has 6 nitrogen and oxygen atoms in total. The van der Waals surface area contributed by atoms with E-state index >= 15 is 0 Å². The van der Waals surface area contributed by atoms with Gasteiger partial charge in [0.2, 0.25) is 0 Å². The second kappa shape index (κ2) is 4.93. The fourth-order valence-corrected chi connectivity index (χ4v) is 1.90. The van der Waals surface area contributed by atoms with Gasteiger partial charge in [-0.05, 0) is 41.1 Å². The summed E-state index contributed by atoms with van der Waals surface area (Å²) in [7, 11) is 1.69. The number of nitrogens with one attached hydrogen (secondary N) is 1. The van der Waals surface area contributed by atoms with E-state index < -0.39 is 0 Å². The molecule has 1 heterocycles. The van der Waals surface area contributed by atoms with Crippen LogP contribution in [0.3, 0.4) is 0 Å². The number of phenolic OH excluding ortho intramolecular Hbond substituents is 1. The Morgan fingerprint density at radius 1 is 1.53 bits per heavy atom. The number of nitrogens with zero attached hydrogens (tertiary/aromatic N) is 2. The van der Waals surface area contributed by atoms with Gasteiger partial charge in [0.25, 0.3) is 5.91 Å². The molecule has 0 spiro atoms. The molecular formula is C12H13BrN4O2. The van der Waals surface area contributed by atoms with Crippen molar-refractivity contribution in [3.05, 3.63) is 33.9 Å². The lowest BCUT2D eigenvalue weighted by Gasteiger charge is -2.07. The normalized spacial score (nSPS) is 10.5. The second-order valence-electron chi connectivity index (χ2n) is 4.09. The summed E-state index contributed by atoms with van der Waals surface area (Å²) < 4.78 is 2.03. The monoisotopic (exact) mass is 324 g/mol. The number of nitrogen functional groups attached to an aromatic ring is 1.